The van der Waals surface area contributed by atoms with Gasteiger partial charge in [-0.1, -0.05) is 100 Å². The molecule has 0 N–H and O–H groups in total. The van der Waals surface area contributed by atoms with E-state index in [9.17, 15) is 0 Å². The zero-order valence-electron chi connectivity index (χ0n) is 39.7. The van der Waals surface area contributed by atoms with Crippen molar-refractivity contribution in [2.45, 2.75) is 81.1 Å². The molecule has 2 heterocycles. The number of hydrogen-bond donors (Lipinski definition) is 0. The van der Waals surface area contributed by atoms with Crippen molar-refractivity contribution in [1.29, 1.82) is 0 Å². The van der Waals surface area contributed by atoms with E-state index in [4.69, 9.17) is 8.83 Å². The summed E-state index contributed by atoms with van der Waals surface area (Å²) in [4.78, 5) is 4.90. The van der Waals surface area contributed by atoms with Crippen LogP contribution in [0.2, 0.25) is 0 Å². The van der Waals surface area contributed by atoms with Gasteiger partial charge in [0.2, 0.25) is 0 Å². The zero-order valence-corrected chi connectivity index (χ0v) is 39.7. The molecule has 0 fully saturated rings. The third-order valence-corrected chi connectivity index (χ3v) is 14.1. The molecule has 0 atom stereocenters. The smallest absolute Gasteiger partial charge is 0.136 e. The Morgan fingerprint density at radius 2 is 0.697 bits per heavy atom. The molecule has 2 aromatic heterocycles. The third kappa shape index (κ3) is 6.81. The molecule has 11 rings (SSSR count). The maximum Gasteiger partial charge on any atom is 0.136 e. The Balaban J connectivity index is 1.02. The molecule has 11 aromatic rings. The van der Waals surface area contributed by atoms with Gasteiger partial charge in [0.1, 0.15) is 22.3 Å². The predicted octanol–water partition coefficient (Wildman–Crippen LogP) is 18.8. The van der Waals surface area contributed by atoms with Gasteiger partial charge in [-0.3, -0.25) is 0 Å². The fraction of sp³-hybridized carbons (Fsp3) is 0.194. The summed E-state index contributed by atoms with van der Waals surface area (Å²) in [6.45, 7) is 22.3. The van der Waals surface area contributed by atoms with Gasteiger partial charge < -0.3 is 18.6 Å². The number of furan rings is 2. The first-order valence-electron chi connectivity index (χ1n) is 23.4. The van der Waals surface area contributed by atoms with Crippen molar-refractivity contribution in [3.8, 4) is 0 Å². The normalized spacial score (nSPS) is 12.1. The molecule has 4 nitrogen and oxygen atoms in total. The van der Waals surface area contributed by atoms with Gasteiger partial charge in [0.25, 0.3) is 0 Å². The monoisotopic (exact) mass is 860 g/mol. The second-order valence-electron chi connectivity index (χ2n) is 19.4. The number of rotatable bonds is 8. The van der Waals surface area contributed by atoms with Crippen LogP contribution in [0.4, 0.5) is 34.1 Å². The summed E-state index contributed by atoms with van der Waals surface area (Å²) in [5.74, 6) is 0.840. The molecule has 4 heteroatoms. The molecule has 0 saturated heterocycles. The van der Waals surface area contributed by atoms with Crippen LogP contribution in [0.15, 0.2) is 154 Å². The summed E-state index contributed by atoms with van der Waals surface area (Å²) >= 11 is 0. The Hall–Kier alpha value is -7.30. The highest BCUT2D eigenvalue weighted by Gasteiger charge is 2.23. The van der Waals surface area contributed by atoms with Crippen molar-refractivity contribution in [3.05, 3.63) is 190 Å². The minimum absolute atomic E-state index is 0.420. The Morgan fingerprint density at radius 1 is 0.333 bits per heavy atom. The highest BCUT2D eigenvalue weighted by Crippen LogP contribution is 2.46. The second-order valence-corrected chi connectivity index (χ2v) is 19.4. The molecule has 0 aliphatic heterocycles. The summed E-state index contributed by atoms with van der Waals surface area (Å²) in [5, 5.41) is 8.85. The lowest BCUT2D eigenvalue weighted by molar-refractivity contribution is 0.664. The minimum Gasteiger partial charge on any atom is -0.456 e. The summed E-state index contributed by atoms with van der Waals surface area (Å²) in [7, 11) is 0. The van der Waals surface area contributed by atoms with E-state index in [1.807, 2.05) is 0 Å². The molecule has 0 spiro atoms. The first-order valence-corrected chi connectivity index (χ1v) is 23.4. The van der Waals surface area contributed by atoms with E-state index in [-0.39, 0.29) is 0 Å². The van der Waals surface area contributed by atoms with Gasteiger partial charge in [-0.05, 0) is 192 Å². The summed E-state index contributed by atoms with van der Waals surface area (Å²) < 4.78 is 13.5. The van der Waals surface area contributed by atoms with Crippen LogP contribution >= 0.6 is 0 Å². The van der Waals surface area contributed by atoms with E-state index >= 15 is 0 Å². The molecule has 326 valence electrons. The molecular weight excluding hydrogens is 805 g/mol. The van der Waals surface area contributed by atoms with Crippen LogP contribution in [-0.4, -0.2) is 0 Å². The largest absolute Gasteiger partial charge is 0.456 e. The van der Waals surface area contributed by atoms with Crippen LogP contribution in [0, 0.1) is 41.5 Å². The standard InChI is InChI=1S/C62H56N2O2/c1-35(2)43-19-17-37(5)55(29-43)63(61-39(7)13-11-14-40(61)8)49-23-21-45-27-51-53-33-60-54(34-59(53)65-57(51)31-47(45)25-49)52-28-46-22-24-50(26-48(46)32-58(52)66-60)64(62-41(9)15-12-16-42(62)10)56-30-44(36(3)4)20-18-38(56)6/h11-36H,1-10H3. The van der Waals surface area contributed by atoms with Crippen LogP contribution in [0.5, 0.6) is 0 Å². The number of hydrogen-bond acceptors (Lipinski definition) is 4. The van der Waals surface area contributed by atoms with Gasteiger partial charge in [-0.25, -0.2) is 0 Å². The lowest BCUT2D eigenvalue weighted by Crippen LogP contribution is -2.14. The van der Waals surface area contributed by atoms with E-state index < -0.39 is 0 Å². The van der Waals surface area contributed by atoms with E-state index in [1.165, 1.54) is 67.3 Å². The Labute approximate surface area is 387 Å². The topological polar surface area (TPSA) is 32.8 Å². The second kappa shape index (κ2) is 15.7. The number of anilines is 6. The maximum atomic E-state index is 6.76. The van der Waals surface area contributed by atoms with Crippen molar-refractivity contribution in [1.82, 2.24) is 0 Å². The highest BCUT2D eigenvalue weighted by molar-refractivity contribution is 6.18. The molecule has 0 aliphatic rings. The average molecular weight is 861 g/mol. The Kier molecular flexibility index (Phi) is 9.85. The predicted molar refractivity (Wildman–Crippen MR) is 282 cm³/mol. The van der Waals surface area contributed by atoms with Crippen LogP contribution in [0.25, 0.3) is 65.4 Å². The van der Waals surface area contributed by atoms with E-state index in [0.29, 0.717) is 11.8 Å². The van der Waals surface area contributed by atoms with Gasteiger partial charge in [0.15, 0.2) is 0 Å². The Bertz CT molecular complexity index is 3460. The Morgan fingerprint density at radius 3 is 1.08 bits per heavy atom. The minimum atomic E-state index is 0.420. The summed E-state index contributed by atoms with van der Waals surface area (Å²) in [6, 6.07) is 53.9. The van der Waals surface area contributed by atoms with Crippen LogP contribution in [0.1, 0.15) is 84.0 Å². The molecule has 0 amide bonds. The zero-order chi connectivity index (χ0) is 45.7. The van der Waals surface area contributed by atoms with Crippen LogP contribution in [-0.2, 0) is 0 Å². The van der Waals surface area contributed by atoms with Gasteiger partial charge in [0, 0.05) is 44.3 Å². The number of nitrogens with zero attached hydrogens (tertiary/aromatic N) is 2. The number of fused-ring (bicyclic) bond motifs is 8. The van der Waals surface area contributed by atoms with Crippen molar-refractivity contribution >= 4 is 99.5 Å². The number of para-hydroxylation sites is 2. The number of aryl methyl sites for hydroxylation is 6. The van der Waals surface area contributed by atoms with E-state index in [1.54, 1.807) is 0 Å². The first kappa shape index (κ1) is 41.4. The first-order chi connectivity index (χ1) is 31.8. The van der Waals surface area contributed by atoms with E-state index in [0.717, 1.165) is 76.8 Å². The van der Waals surface area contributed by atoms with Gasteiger partial charge >= 0.3 is 0 Å². The summed E-state index contributed by atoms with van der Waals surface area (Å²) in [5.41, 5.74) is 20.6. The third-order valence-electron chi connectivity index (χ3n) is 14.1. The summed E-state index contributed by atoms with van der Waals surface area (Å²) in [6.07, 6.45) is 0. The molecule has 9 aromatic carbocycles. The van der Waals surface area contributed by atoms with Crippen molar-refractivity contribution in [2.75, 3.05) is 9.80 Å². The highest BCUT2D eigenvalue weighted by atomic mass is 16.3. The lowest BCUT2D eigenvalue weighted by atomic mass is 9.98. The fourth-order valence-corrected chi connectivity index (χ4v) is 10.3. The van der Waals surface area contributed by atoms with Crippen molar-refractivity contribution < 1.29 is 8.83 Å². The van der Waals surface area contributed by atoms with Crippen LogP contribution in [0.3, 0.4) is 0 Å². The molecular formula is C62H56N2O2. The molecule has 0 aliphatic carbocycles. The lowest BCUT2D eigenvalue weighted by Gasteiger charge is -2.31. The molecule has 0 bridgehead atoms. The quantitative estimate of drug-likeness (QED) is 0.152. The van der Waals surface area contributed by atoms with Gasteiger partial charge in [-0.15, -0.1) is 0 Å². The molecule has 0 saturated carbocycles. The van der Waals surface area contributed by atoms with Gasteiger partial charge in [0.05, 0.1) is 11.4 Å². The molecule has 66 heavy (non-hydrogen) atoms. The van der Waals surface area contributed by atoms with Crippen molar-refractivity contribution in [2.24, 2.45) is 0 Å². The maximum absolute atomic E-state index is 6.76. The number of benzene rings is 9. The fourth-order valence-electron chi connectivity index (χ4n) is 10.3. The van der Waals surface area contributed by atoms with Crippen molar-refractivity contribution in [3.63, 3.8) is 0 Å². The molecule has 0 radical (unpaired) electrons. The van der Waals surface area contributed by atoms with E-state index in [2.05, 4.69) is 225 Å². The van der Waals surface area contributed by atoms with Gasteiger partial charge in [-0.2, -0.15) is 0 Å². The SMILES string of the molecule is Cc1ccc(C(C)C)cc1N(c1ccc2cc3c(cc2c1)oc1cc2c(cc13)oc1cc3cc(N(c4cc(C(C)C)ccc4C)c4c(C)cccc4C)ccc3cc12)c1c(C)cccc1C. The average Bonchev–Trinajstić information content (AvgIpc) is 3.82. The molecule has 0 unspecified atom stereocenters. The van der Waals surface area contributed by atoms with Crippen LogP contribution < -0.4 is 9.80 Å².